The van der Waals surface area contributed by atoms with E-state index in [0.29, 0.717) is 0 Å². The van der Waals surface area contributed by atoms with E-state index in [0.717, 1.165) is 5.92 Å². The zero-order chi connectivity index (χ0) is 11.7. The number of nitrogens with one attached hydrogen (secondary N) is 2. The van der Waals surface area contributed by atoms with E-state index in [2.05, 4.69) is 41.5 Å². The molecule has 90 valence electrons. The monoisotopic (exact) mass is 228 g/mol. The van der Waals surface area contributed by atoms with Crippen molar-refractivity contribution in [2.45, 2.75) is 26.2 Å². The largest absolute Gasteiger partial charge is 0.359 e. The maximum atomic E-state index is 3.49. The van der Waals surface area contributed by atoms with Crippen molar-refractivity contribution in [2.24, 2.45) is 5.92 Å². The molecule has 1 unspecified atom stereocenters. The molecule has 2 heterocycles. The minimum absolute atomic E-state index is 0.821. The zero-order valence-corrected chi connectivity index (χ0v) is 10.4. The molecule has 0 amide bonds. The van der Waals surface area contributed by atoms with Gasteiger partial charge in [0.05, 0.1) is 0 Å². The summed E-state index contributed by atoms with van der Waals surface area (Å²) in [4.78, 5) is 3.38. The summed E-state index contributed by atoms with van der Waals surface area (Å²) in [5.41, 5.74) is 3.98. The van der Waals surface area contributed by atoms with Crippen molar-refractivity contribution in [3.05, 3.63) is 35.5 Å². The summed E-state index contributed by atoms with van der Waals surface area (Å²) in [5.74, 6) is 0.821. The molecule has 0 spiro atoms. The normalized spacial score (nSPS) is 20.9. The van der Waals surface area contributed by atoms with Gasteiger partial charge in [-0.15, -0.1) is 0 Å². The molecule has 1 aliphatic heterocycles. The molecule has 0 saturated carbocycles. The topological polar surface area (TPSA) is 27.8 Å². The summed E-state index contributed by atoms with van der Waals surface area (Å²) in [5, 5.41) is 4.84. The van der Waals surface area contributed by atoms with Crippen LogP contribution >= 0.6 is 0 Å². The summed E-state index contributed by atoms with van der Waals surface area (Å²) in [7, 11) is 0. The van der Waals surface area contributed by atoms with Crippen molar-refractivity contribution in [3.8, 4) is 0 Å². The van der Waals surface area contributed by atoms with Crippen molar-refractivity contribution in [3.63, 3.8) is 0 Å². The van der Waals surface area contributed by atoms with E-state index in [4.69, 9.17) is 0 Å². The van der Waals surface area contributed by atoms with E-state index >= 15 is 0 Å². The first kappa shape index (κ1) is 10.8. The highest BCUT2D eigenvalue weighted by molar-refractivity contribution is 5.81. The maximum absolute atomic E-state index is 3.49. The Bertz CT molecular complexity index is 507. The Hall–Kier alpha value is -1.28. The Kier molecular flexibility index (Phi) is 2.89. The number of piperidine rings is 1. The fraction of sp³-hybridized carbons (Fsp3) is 0.467. The van der Waals surface area contributed by atoms with Crippen LogP contribution in [0.3, 0.4) is 0 Å². The molecule has 2 N–H and O–H groups in total. The highest BCUT2D eigenvalue weighted by Crippen LogP contribution is 2.21. The van der Waals surface area contributed by atoms with E-state index in [1.165, 1.54) is 54.5 Å². The van der Waals surface area contributed by atoms with Crippen molar-refractivity contribution in [1.82, 2.24) is 10.3 Å². The molecule has 1 fully saturated rings. The number of fused-ring (bicyclic) bond motifs is 1. The van der Waals surface area contributed by atoms with Gasteiger partial charge in [0.15, 0.2) is 0 Å². The van der Waals surface area contributed by atoms with Crippen molar-refractivity contribution in [1.29, 1.82) is 0 Å². The second-order valence-electron chi connectivity index (χ2n) is 5.29. The van der Waals surface area contributed by atoms with Crippen LogP contribution in [0.2, 0.25) is 0 Å². The second kappa shape index (κ2) is 4.53. The minimum Gasteiger partial charge on any atom is -0.359 e. The molecule has 1 atom stereocenters. The summed E-state index contributed by atoms with van der Waals surface area (Å²) >= 11 is 0. The van der Waals surface area contributed by atoms with E-state index in [-0.39, 0.29) is 0 Å². The molecule has 3 rings (SSSR count). The van der Waals surface area contributed by atoms with Crippen LogP contribution in [-0.4, -0.2) is 18.1 Å². The molecular weight excluding hydrogens is 208 g/mol. The van der Waals surface area contributed by atoms with E-state index in [9.17, 15) is 0 Å². The van der Waals surface area contributed by atoms with Gasteiger partial charge in [-0.1, -0.05) is 6.07 Å². The fourth-order valence-corrected chi connectivity index (χ4v) is 2.89. The van der Waals surface area contributed by atoms with Gasteiger partial charge in [0.1, 0.15) is 0 Å². The number of aryl methyl sites for hydroxylation is 1. The first-order valence-electron chi connectivity index (χ1n) is 6.60. The first-order valence-corrected chi connectivity index (χ1v) is 6.60. The number of rotatable bonds is 2. The molecular formula is C15H20N2. The smallest absolute Gasteiger partial charge is 0.0456 e. The summed E-state index contributed by atoms with van der Waals surface area (Å²) in [6, 6.07) is 9.06. The van der Waals surface area contributed by atoms with Gasteiger partial charge >= 0.3 is 0 Å². The van der Waals surface area contributed by atoms with E-state index < -0.39 is 0 Å². The lowest BCUT2D eigenvalue weighted by Gasteiger charge is -2.22. The summed E-state index contributed by atoms with van der Waals surface area (Å²) in [6.07, 6.45) is 3.92. The van der Waals surface area contributed by atoms with Crippen LogP contribution in [0.5, 0.6) is 0 Å². The van der Waals surface area contributed by atoms with E-state index in [1.807, 2.05) is 0 Å². The van der Waals surface area contributed by atoms with Crippen molar-refractivity contribution < 1.29 is 0 Å². The molecule has 2 nitrogen and oxygen atoms in total. The first-order chi connectivity index (χ1) is 8.31. The minimum atomic E-state index is 0.821. The van der Waals surface area contributed by atoms with Crippen LogP contribution in [0, 0.1) is 12.8 Å². The Morgan fingerprint density at radius 1 is 1.29 bits per heavy atom. The quantitative estimate of drug-likeness (QED) is 0.812. The van der Waals surface area contributed by atoms with Crippen molar-refractivity contribution >= 4 is 10.9 Å². The Morgan fingerprint density at radius 2 is 2.24 bits per heavy atom. The molecule has 2 aromatic rings. The molecule has 1 aliphatic rings. The van der Waals surface area contributed by atoms with Gasteiger partial charge in [0.25, 0.3) is 0 Å². The molecule has 0 bridgehead atoms. The van der Waals surface area contributed by atoms with Crippen LogP contribution in [0.25, 0.3) is 10.9 Å². The Balaban J connectivity index is 1.79. The van der Waals surface area contributed by atoms with E-state index in [1.54, 1.807) is 0 Å². The zero-order valence-electron chi connectivity index (χ0n) is 10.4. The lowest BCUT2D eigenvalue weighted by Crippen LogP contribution is -2.30. The van der Waals surface area contributed by atoms with Crippen LogP contribution < -0.4 is 5.32 Å². The van der Waals surface area contributed by atoms with Gasteiger partial charge in [-0.05, 0) is 74.3 Å². The molecule has 1 aromatic heterocycles. The average Bonchev–Trinajstić information content (AvgIpc) is 2.70. The van der Waals surface area contributed by atoms with Gasteiger partial charge < -0.3 is 10.3 Å². The number of aromatic amines is 1. The average molecular weight is 228 g/mol. The number of benzene rings is 1. The van der Waals surface area contributed by atoms with Gasteiger partial charge in [0.2, 0.25) is 0 Å². The Labute approximate surface area is 102 Å². The van der Waals surface area contributed by atoms with Gasteiger partial charge in [-0.3, -0.25) is 0 Å². The third kappa shape index (κ3) is 2.37. The molecule has 1 aromatic carbocycles. The van der Waals surface area contributed by atoms with Crippen LogP contribution in [0.1, 0.15) is 24.1 Å². The summed E-state index contributed by atoms with van der Waals surface area (Å²) < 4.78 is 0. The van der Waals surface area contributed by atoms with Gasteiger partial charge in [0, 0.05) is 11.2 Å². The lowest BCUT2D eigenvalue weighted by atomic mass is 9.92. The van der Waals surface area contributed by atoms with Crippen LogP contribution in [-0.2, 0) is 6.42 Å². The van der Waals surface area contributed by atoms with Crippen molar-refractivity contribution in [2.75, 3.05) is 13.1 Å². The highest BCUT2D eigenvalue weighted by atomic mass is 14.9. The molecule has 1 saturated heterocycles. The van der Waals surface area contributed by atoms with Crippen LogP contribution in [0.15, 0.2) is 24.3 Å². The van der Waals surface area contributed by atoms with Gasteiger partial charge in [-0.25, -0.2) is 0 Å². The number of hydrogen-bond donors (Lipinski definition) is 2. The van der Waals surface area contributed by atoms with Gasteiger partial charge in [-0.2, -0.15) is 0 Å². The number of H-pyrrole nitrogens is 1. The predicted molar refractivity (Wildman–Crippen MR) is 72.3 cm³/mol. The standard InChI is InChI=1S/C15H20N2/c1-11-7-14-9-12(4-5-15(14)17-11)8-13-3-2-6-16-10-13/h4-5,7,9,13,16-17H,2-3,6,8,10H2,1H3. The third-order valence-corrected chi connectivity index (χ3v) is 3.74. The van der Waals surface area contributed by atoms with Crippen LogP contribution in [0.4, 0.5) is 0 Å². The molecule has 17 heavy (non-hydrogen) atoms. The maximum Gasteiger partial charge on any atom is 0.0456 e. The SMILES string of the molecule is Cc1cc2cc(CC3CCCNC3)ccc2[nH]1. The highest BCUT2D eigenvalue weighted by Gasteiger charge is 2.13. The molecule has 2 heteroatoms. The third-order valence-electron chi connectivity index (χ3n) is 3.74. The number of aromatic nitrogens is 1. The lowest BCUT2D eigenvalue weighted by molar-refractivity contribution is 0.376. The molecule has 0 radical (unpaired) electrons. The second-order valence-corrected chi connectivity index (χ2v) is 5.29. The predicted octanol–water partition coefficient (Wildman–Crippen LogP) is 3.02. The fourth-order valence-electron chi connectivity index (χ4n) is 2.89. The Morgan fingerprint density at radius 3 is 3.06 bits per heavy atom. The summed E-state index contributed by atoms with van der Waals surface area (Å²) in [6.45, 7) is 4.50. The number of hydrogen-bond acceptors (Lipinski definition) is 1. The molecule has 0 aliphatic carbocycles.